The van der Waals surface area contributed by atoms with Crippen molar-refractivity contribution in [3.8, 4) is 0 Å². The monoisotopic (exact) mass is 451 g/mol. The summed E-state index contributed by atoms with van der Waals surface area (Å²) in [6.45, 7) is 8.89. The molecule has 0 aliphatic carbocycles. The molecule has 0 saturated heterocycles. The summed E-state index contributed by atoms with van der Waals surface area (Å²) in [6.07, 6.45) is 2.37. The first-order chi connectivity index (χ1) is 13.9. The number of hydrogen-bond acceptors (Lipinski definition) is 3. The summed E-state index contributed by atoms with van der Waals surface area (Å²) in [5, 5.41) is 5.81. The van der Waals surface area contributed by atoms with Gasteiger partial charge < -0.3 is 10.6 Å². The Labute approximate surface area is 184 Å². The highest BCUT2D eigenvalue weighted by atomic mass is 35.5. The molecule has 30 heavy (non-hydrogen) atoms. The Bertz CT molecular complexity index is 998. The van der Waals surface area contributed by atoms with Gasteiger partial charge in [-0.3, -0.25) is 4.72 Å². The van der Waals surface area contributed by atoms with Crippen LogP contribution in [0.5, 0.6) is 0 Å². The number of aryl methyl sites for hydroxylation is 1. The first-order valence-electron chi connectivity index (χ1n) is 9.83. The highest BCUT2D eigenvalue weighted by molar-refractivity contribution is 7.92. The summed E-state index contributed by atoms with van der Waals surface area (Å²) >= 11 is 6.24. The zero-order chi connectivity index (χ0) is 22.5. The molecular formula is C22H30ClN3O3S. The van der Waals surface area contributed by atoms with Crippen molar-refractivity contribution in [3.63, 3.8) is 0 Å². The fourth-order valence-electron chi connectivity index (χ4n) is 2.96. The molecule has 0 aliphatic heterocycles. The van der Waals surface area contributed by atoms with E-state index < -0.39 is 10.0 Å². The second-order valence-electron chi connectivity index (χ2n) is 8.29. The smallest absolute Gasteiger partial charge is 0.319 e. The fraction of sp³-hybridized carbons (Fsp3) is 0.409. The topological polar surface area (TPSA) is 87.3 Å². The molecule has 3 N–H and O–H groups in total. The quantitative estimate of drug-likeness (QED) is 0.557. The molecule has 6 nitrogen and oxygen atoms in total. The van der Waals surface area contributed by atoms with Crippen molar-refractivity contribution in [2.45, 2.75) is 46.0 Å². The predicted octanol–water partition coefficient (Wildman–Crippen LogP) is 4.94. The molecule has 0 radical (unpaired) electrons. The summed E-state index contributed by atoms with van der Waals surface area (Å²) in [5.74, 6) is 0. The Kier molecular flexibility index (Phi) is 7.77. The number of halogens is 1. The molecule has 2 aromatic carbocycles. The van der Waals surface area contributed by atoms with Gasteiger partial charge in [-0.1, -0.05) is 63.6 Å². The summed E-state index contributed by atoms with van der Waals surface area (Å²) in [7, 11) is -3.42. The van der Waals surface area contributed by atoms with E-state index in [0.717, 1.165) is 17.4 Å². The van der Waals surface area contributed by atoms with Crippen molar-refractivity contribution in [2.24, 2.45) is 0 Å². The van der Waals surface area contributed by atoms with Crippen LogP contribution in [-0.2, 0) is 28.3 Å². The number of carbonyl (C=O) groups is 1. The molecule has 0 fully saturated rings. The maximum Gasteiger partial charge on any atom is 0.319 e. The van der Waals surface area contributed by atoms with Crippen LogP contribution in [0.2, 0.25) is 5.02 Å². The average Bonchev–Trinajstić information content (AvgIpc) is 2.62. The van der Waals surface area contributed by atoms with Gasteiger partial charge in [0.25, 0.3) is 0 Å². The Hall–Kier alpha value is -2.25. The van der Waals surface area contributed by atoms with Gasteiger partial charge in [-0.15, -0.1) is 0 Å². The van der Waals surface area contributed by atoms with E-state index in [1.54, 1.807) is 6.07 Å². The van der Waals surface area contributed by atoms with Crippen LogP contribution in [0, 0.1) is 0 Å². The van der Waals surface area contributed by atoms with E-state index in [1.807, 2.05) is 6.92 Å². The van der Waals surface area contributed by atoms with Gasteiger partial charge in [0, 0.05) is 6.54 Å². The van der Waals surface area contributed by atoms with Gasteiger partial charge in [0.05, 0.1) is 22.7 Å². The van der Waals surface area contributed by atoms with Crippen molar-refractivity contribution in [1.82, 2.24) is 5.32 Å². The Morgan fingerprint density at radius 3 is 2.23 bits per heavy atom. The highest BCUT2D eigenvalue weighted by Gasteiger charge is 2.14. The molecular weight excluding hydrogens is 422 g/mol. The maximum atomic E-state index is 12.3. The number of nitrogens with one attached hydrogen (secondary N) is 3. The zero-order valence-corrected chi connectivity index (χ0v) is 19.7. The molecule has 2 amide bonds. The molecule has 2 rings (SSSR count). The third kappa shape index (κ3) is 7.22. The van der Waals surface area contributed by atoms with E-state index >= 15 is 0 Å². The van der Waals surface area contributed by atoms with E-state index in [1.165, 1.54) is 11.6 Å². The van der Waals surface area contributed by atoms with Crippen molar-refractivity contribution < 1.29 is 13.2 Å². The minimum atomic E-state index is -3.42. The number of benzene rings is 2. The van der Waals surface area contributed by atoms with E-state index in [4.69, 9.17) is 11.6 Å². The number of rotatable bonds is 7. The molecule has 0 spiro atoms. The highest BCUT2D eigenvalue weighted by Crippen LogP contribution is 2.30. The second-order valence-corrected chi connectivity index (χ2v) is 10.5. The SMILES string of the molecule is CCc1cc(NC(=O)NCCc2ccc(C(C)(C)C)cc2)c(Cl)cc1NS(C)(=O)=O. The summed E-state index contributed by atoms with van der Waals surface area (Å²) in [6, 6.07) is 11.2. The lowest BCUT2D eigenvalue weighted by Gasteiger charge is -2.19. The van der Waals surface area contributed by atoms with Crippen LogP contribution >= 0.6 is 11.6 Å². The van der Waals surface area contributed by atoms with Crippen LogP contribution in [0.25, 0.3) is 0 Å². The van der Waals surface area contributed by atoms with E-state index in [0.29, 0.717) is 30.8 Å². The number of urea groups is 1. The molecule has 0 bridgehead atoms. The van der Waals surface area contributed by atoms with Gasteiger partial charge in [0.1, 0.15) is 0 Å². The first-order valence-corrected chi connectivity index (χ1v) is 12.1. The molecule has 164 valence electrons. The minimum Gasteiger partial charge on any atom is -0.338 e. The lowest BCUT2D eigenvalue weighted by molar-refractivity contribution is 0.252. The zero-order valence-electron chi connectivity index (χ0n) is 18.1. The van der Waals surface area contributed by atoms with E-state index in [9.17, 15) is 13.2 Å². The van der Waals surface area contributed by atoms with Crippen LogP contribution < -0.4 is 15.4 Å². The van der Waals surface area contributed by atoms with Crippen LogP contribution in [0.3, 0.4) is 0 Å². The average molecular weight is 452 g/mol. The van der Waals surface area contributed by atoms with Crippen LogP contribution in [-0.4, -0.2) is 27.2 Å². The van der Waals surface area contributed by atoms with Crippen LogP contribution in [0.1, 0.15) is 44.4 Å². The van der Waals surface area contributed by atoms with E-state index in [-0.39, 0.29) is 16.5 Å². The number of amides is 2. The van der Waals surface area contributed by atoms with Gasteiger partial charge in [-0.25, -0.2) is 13.2 Å². The van der Waals surface area contributed by atoms with Crippen molar-refractivity contribution >= 4 is 39.0 Å². The fourth-order valence-corrected chi connectivity index (χ4v) is 3.76. The second kappa shape index (κ2) is 9.71. The Balaban J connectivity index is 1.96. The first kappa shape index (κ1) is 24.0. The Morgan fingerprint density at radius 2 is 1.70 bits per heavy atom. The number of carbonyl (C=O) groups excluding carboxylic acids is 1. The van der Waals surface area contributed by atoms with Crippen LogP contribution in [0.15, 0.2) is 36.4 Å². The van der Waals surface area contributed by atoms with Gasteiger partial charge in [0.2, 0.25) is 10.0 Å². The third-order valence-corrected chi connectivity index (χ3v) is 5.54. The molecule has 0 aliphatic rings. The number of anilines is 2. The largest absolute Gasteiger partial charge is 0.338 e. The molecule has 2 aromatic rings. The lowest BCUT2D eigenvalue weighted by Crippen LogP contribution is -2.30. The van der Waals surface area contributed by atoms with Crippen molar-refractivity contribution in [3.05, 3.63) is 58.1 Å². The molecule has 8 heteroatoms. The maximum absolute atomic E-state index is 12.3. The van der Waals surface area contributed by atoms with E-state index in [2.05, 4.69) is 60.4 Å². The molecule has 0 saturated carbocycles. The van der Waals surface area contributed by atoms with Crippen molar-refractivity contribution in [2.75, 3.05) is 22.8 Å². The summed E-state index contributed by atoms with van der Waals surface area (Å²) in [5.41, 5.74) is 4.10. The van der Waals surface area contributed by atoms with Gasteiger partial charge >= 0.3 is 6.03 Å². The Morgan fingerprint density at radius 1 is 1.07 bits per heavy atom. The summed E-state index contributed by atoms with van der Waals surface area (Å²) in [4.78, 5) is 12.3. The summed E-state index contributed by atoms with van der Waals surface area (Å²) < 4.78 is 25.5. The number of hydrogen-bond donors (Lipinski definition) is 3. The third-order valence-electron chi connectivity index (χ3n) is 4.64. The molecule has 0 aromatic heterocycles. The van der Waals surface area contributed by atoms with Gasteiger partial charge in [0.15, 0.2) is 0 Å². The molecule has 0 heterocycles. The predicted molar refractivity (Wildman–Crippen MR) is 125 cm³/mol. The van der Waals surface area contributed by atoms with Crippen LogP contribution in [0.4, 0.5) is 16.2 Å². The van der Waals surface area contributed by atoms with Crippen molar-refractivity contribution in [1.29, 1.82) is 0 Å². The lowest BCUT2D eigenvalue weighted by atomic mass is 9.86. The van der Waals surface area contributed by atoms with Gasteiger partial charge in [-0.05, 0) is 47.1 Å². The normalized spacial score (nSPS) is 11.8. The minimum absolute atomic E-state index is 0.111. The molecule has 0 unspecified atom stereocenters. The number of sulfonamides is 1. The van der Waals surface area contributed by atoms with Gasteiger partial charge in [-0.2, -0.15) is 0 Å². The molecule has 0 atom stereocenters. The standard InChI is InChI=1S/C22H30ClN3O3S/c1-6-16-13-20(18(23)14-19(16)26-30(5,28)29)25-21(27)24-12-11-15-7-9-17(10-8-15)22(2,3)4/h7-10,13-14,26H,6,11-12H2,1-5H3,(H2,24,25,27).